The van der Waals surface area contributed by atoms with E-state index >= 15 is 0 Å². The van der Waals surface area contributed by atoms with Gasteiger partial charge < -0.3 is 4.90 Å². The summed E-state index contributed by atoms with van der Waals surface area (Å²) in [6.07, 6.45) is 5.12. The van der Waals surface area contributed by atoms with Gasteiger partial charge in [-0.2, -0.15) is 0 Å². The van der Waals surface area contributed by atoms with Crippen LogP contribution < -0.4 is 4.90 Å². The maximum atomic E-state index is 4.54. The maximum absolute atomic E-state index is 4.54. The molecule has 1 unspecified atom stereocenters. The SMILES string of the molecule is CSc1ccc(CN2CCC(N(C)c3nccc(C)n3)C2)cc1. The van der Waals surface area contributed by atoms with Crippen LogP contribution in [0.25, 0.3) is 0 Å². The van der Waals surface area contributed by atoms with Crippen molar-refractivity contribution in [2.75, 3.05) is 31.3 Å². The molecule has 1 saturated heterocycles. The molecular formula is C18H24N4S. The van der Waals surface area contributed by atoms with Gasteiger partial charge in [-0.25, -0.2) is 9.97 Å². The smallest absolute Gasteiger partial charge is 0.225 e. The Morgan fingerprint density at radius 1 is 1.26 bits per heavy atom. The van der Waals surface area contributed by atoms with Gasteiger partial charge in [-0.05, 0) is 43.4 Å². The van der Waals surface area contributed by atoms with E-state index < -0.39 is 0 Å². The highest BCUT2D eigenvalue weighted by Gasteiger charge is 2.27. The lowest BCUT2D eigenvalue weighted by Gasteiger charge is -2.25. The number of aromatic nitrogens is 2. The fourth-order valence-electron chi connectivity index (χ4n) is 3.03. The van der Waals surface area contributed by atoms with Crippen molar-refractivity contribution >= 4 is 17.7 Å². The summed E-state index contributed by atoms with van der Waals surface area (Å²) in [7, 11) is 2.11. The molecule has 23 heavy (non-hydrogen) atoms. The topological polar surface area (TPSA) is 32.3 Å². The maximum Gasteiger partial charge on any atom is 0.225 e. The molecule has 1 atom stereocenters. The highest BCUT2D eigenvalue weighted by Crippen LogP contribution is 2.21. The van der Waals surface area contributed by atoms with Gasteiger partial charge in [0.05, 0.1) is 0 Å². The van der Waals surface area contributed by atoms with E-state index in [9.17, 15) is 0 Å². The average Bonchev–Trinajstić information content (AvgIpc) is 3.03. The van der Waals surface area contributed by atoms with Gasteiger partial charge in [0.15, 0.2) is 0 Å². The molecule has 1 aromatic heterocycles. The first kappa shape index (κ1) is 16.3. The normalized spacial score (nSPS) is 18.3. The van der Waals surface area contributed by atoms with Crippen LogP contribution in [-0.2, 0) is 6.54 Å². The highest BCUT2D eigenvalue weighted by atomic mass is 32.2. The van der Waals surface area contributed by atoms with Crippen molar-refractivity contribution in [3.8, 4) is 0 Å². The van der Waals surface area contributed by atoms with Crippen LogP contribution in [0.2, 0.25) is 0 Å². The number of hydrogen-bond donors (Lipinski definition) is 0. The first-order valence-corrected chi connectivity index (χ1v) is 9.26. The van der Waals surface area contributed by atoms with Crippen molar-refractivity contribution in [2.24, 2.45) is 0 Å². The third-order valence-corrected chi connectivity index (χ3v) is 5.20. The minimum absolute atomic E-state index is 0.488. The van der Waals surface area contributed by atoms with Gasteiger partial charge in [0.25, 0.3) is 0 Å². The quantitative estimate of drug-likeness (QED) is 0.787. The molecule has 0 amide bonds. The molecule has 4 nitrogen and oxygen atoms in total. The van der Waals surface area contributed by atoms with E-state index in [1.165, 1.54) is 10.5 Å². The Hall–Kier alpha value is -1.59. The average molecular weight is 328 g/mol. The third-order valence-electron chi connectivity index (χ3n) is 4.46. The van der Waals surface area contributed by atoms with Gasteiger partial charge in [0.2, 0.25) is 5.95 Å². The second kappa shape index (κ2) is 7.32. The molecule has 3 rings (SSSR count). The minimum atomic E-state index is 0.488. The molecule has 0 bridgehead atoms. The summed E-state index contributed by atoms with van der Waals surface area (Å²) in [4.78, 5) is 15.0. The zero-order valence-electron chi connectivity index (χ0n) is 14.1. The molecule has 2 aromatic rings. The second-order valence-corrected chi connectivity index (χ2v) is 7.01. The standard InChI is InChI=1S/C18H24N4S/c1-14-8-10-19-18(20-14)21(2)16-9-11-22(13-16)12-15-4-6-17(23-3)7-5-15/h4-8,10,16H,9,11-13H2,1-3H3. The Morgan fingerprint density at radius 2 is 2.04 bits per heavy atom. The summed E-state index contributed by atoms with van der Waals surface area (Å²) >= 11 is 1.79. The summed E-state index contributed by atoms with van der Waals surface area (Å²) < 4.78 is 0. The van der Waals surface area contributed by atoms with E-state index in [0.29, 0.717) is 6.04 Å². The van der Waals surface area contributed by atoms with Crippen molar-refractivity contribution in [1.82, 2.24) is 14.9 Å². The fraction of sp³-hybridized carbons (Fsp3) is 0.444. The molecule has 0 aliphatic carbocycles. The van der Waals surface area contributed by atoms with Gasteiger partial charge in [0.1, 0.15) is 0 Å². The van der Waals surface area contributed by atoms with Crippen LogP contribution in [0, 0.1) is 6.92 Å². The van der Waals surface area contributed by atoms with Crippen LogP contribution in [0.1, 0.15) is 17.7 Å². The van der Waals surface area contributed by atoms with E-state index in [-0.39, 0.29) is 0 Å². The first-order valence-electron chi connectivity index (χ1n) is 8.03. The number of nitrogens with zero attached hydrogens (tertiary/aromatic N) is 4. The Bertz CT molecular complexity index is 644. The number of hydrogen-bond acceptors (Lipinski definition) is 5. The first-order chi connectivity index (χ1) is 11.2. The van der Waals surface area contributed by atoms with Crippen molar-refractivity contribution in [3.05, 3.63) is 47.8 Å². The Morgan fingerprint density at radius 3 is 2.74 bits per heavy atom. The van der Waals surface area contributed by atoms with Crippen molar-refractivity contribution in [3.63, 3.8) is 0 Å². The summed E-state index contributed by atoms with van der Waals surface area (Å²) in [5.74, 6) is 0.834. The Labute approximate surface area is 142 Å². The second-order valence-electron chi connectivity index (χ2n) is 6.13. The summed E-state index contributed by atoms with van der Waals surface area (Å²) in [5.41, 5.74) is 2.41. The van der Waals surface area contributed by atoms with E-state index in [1.807, 2.05) is 19.2 Å². The van der Waals surface area contributed by atoms with E-state index in [4.69, 9.17) is 0 Å². The number of likely N-dealkylation sites (N-methyl/N-ethyl adjacent to an activating group) is 1. The lowest BCUT2D eigenvalue weighted by atomic mass is 10.2. The molecule has 5 heteroatoms. The van der Waals surface area contributed by atoms with Crippen molar-refractivity contribution in [1.29, 1.82) is 0 Å². The molecule has 1 aliphatic heterocycles. The number of benzene rings is 1. The minimum Gasteiger partial charge on any atom is -0.340 e. The van der Waals surface area contributed by atoms with Crippen LogP contribution in [0.5, 0.6) is 0 Å². The summed E-state index contributed by atoms with van der Waals surface area (Å²) in [5, 5.41) is 0. The van der Waals surface area contributed by atoms with Crippen LogP contribution in [0.15, 0.2) is 41.4 Å². The Balaban J connectivity index is 1.59. The van der Waals surface area contributed by atoms with Gasteiger partial charge in [0, 0.05) is 49.5 Å². The van der Waals surface area contributed by atoms with Crippen molar-refractivity contribution < 1.29 is 0 Å². The van der Waals surface area contributed by atoms with Gasteiger partial charge in [-0.1, -0.05) is 12.1 Å². The molecule has 1 aliphatic rings. The molecule has 122 valence electrons. The third kappa shape index (κ3) is 4.03. The van der Waals surface area contributed by atoms with Crippen LogP contribution in [0.3, 0.4) is 0 Å². The van der Waals surface area contributed by atoms with Gasteiger partial charge in [-0.15, -0.1) is 11.8 Å². The molecule has 2 heterocycles. The number of aryl methyl sites for hydroxylation is 1. The largest absolute Gasteiger partial charge is 0.340 e. The zero-order chi connectivity index (χ0) is 16.2. The number of rotatable bonds is 5. The number of anilines is 1. The molecule has 1 aromatic carbocycles. The van der Waals surface area contributed by atoms with Crippen LogP contribution in [-0.4, -0.2) is 47.3 Å². The van der Waals surface area contributed by atoms with Crippen LogP contribution >= 0.6 is 11.8 Å². The molecule has 0 spiro atoms. The van der Waals surface area contributed by atoms with Gasteiger partial charge >= 0.3 is 0 Å². The lowest BCUT2D eigenvalue weighted by molar-refractivity contribution is 0.325. The van der Waals surface area contributed by atoms with Crippen LogP contribution in [0.4, 0.5) is 5.95 Å². The molecule has 1 fully saturated rings. The van der Waals surface area contributed by atoms with E-state index in [2.05, 4.69) is 57.3 Å². The summed E-state index contributed by atoms with van der Waals surface area (Å²) in [6, 6.07) is 11.3. The van der Waals surface area contributed by atoms with E-state index in [1.54, 1.807) is 11.8 Å². The predicted molar refractivity (Wildman–Crippen MR) is 97.1 cm³/mol. The predicted octanol–water partition coefficient (Wildman–Crippen LogP) is 3.22. The zero-order valence-corrected chi connectivity index (χ0v) is 14.9. The monoisotopic (exact) mass is 328 g/mol. The number of thioether (sulfide) groups is 1. The molecule has 0 saturated carbocycles. The highest BCUT2D eigenvalue weighted by molar-refractivity contribution is 7.98. The Kier molecular flexibility index (Phi) is 5.18. The molecule has 0 N–H and O–H groups in total. The van der Waals surface area contributed by atoms with E-state index in [0.717, 1.165) is 37.7 Å². The lowest BCUT2D eigenvalue weighted by Crippen LogP contribution is -2.35. The molecule has 0 radical (unpaired) electrons. The van der Waals surface area contributed by atoms with Gasteiger partial charge in [-0.3, -0.25) is 4.90 Å². The number of likely N-dealkylation sites (tertiary alicyclic amines) is 1. The fourth-order valence-corrected chi connectivity index (χ4v) is 3.44. The van der Waals surface area contributed by atoms with Crippen molar-refractivity contribution in [2.45, 2.75) is 30.8 Å². The summed E-state index contributed by atoms with van der Waals surface area (Å²) in [6.45, 7) is 5.23. The molecular weight excluding hydrogens is 304 g/mol.